The number of amides is 9. The molecule has 0 radical (unpaired) electrons. The van der Waals surface area contributed by atoms with Crippen LogP contribution in [0.5, 0.6) is 0 Å². The van der Waals surface area contributed by atoms with Gasteiger partial charge in [0.25, 0.3) is 0 Å². The van der Waals surface area contributed by atoms with Gasteiger partial charge in [-0.3, -0.25) is 43.2 Å². The van der Waals surface area contributed by atoms with Gasteiger partial charge in [0.1, 0.15) is 48.3 Å². The second-order valence-corrected chi connectivity index (χ2v) is 29.5. The van der Waals surface area contributed by atoms with Crippen LogP contribution in [0, 0.1) is 0 Å². The van der Waals surface area contributed by atoms with Gasteiger partial charge >= 0.3 is 0 Å². The molecule has 0 unspecified atom stereocenters. The molecule has 122 heavy (non-hydrogen) atoms. The lowest BCUT2D eigenvalue weighted by atomic mass is 10.00. The number of carbonyl (C=O) groups is 9. The van der Waals surface area contributed by atoms with E-state index in [4.69, 9.17) is 40.1 Å². The second kappa shape index (κ2) is 52.9. The largest absolute Gasteiger partial charge is 0.368 e. The summed E-state index contributed by atoms with van der Waals surface area (Å²) in [6.07, 6.45) is 4.24. The molecule has 0 aliphatic rings. The first kappa shape index (κ1) is 94.6. The fraction of sp³-hybridized carbons (Fsp3) is 0.367. The maximum atomic E-state index is 15.6. The standard InChI is InChI=1S/C90H115N23O9/c91-52-18-13-31-73(96)83(115)102-78(57-61-36-44-69(45-37-61)110-106-65-23-5-1-6-24-65)88(120)99-75(33-15-20-54-93)85(117)104-80(59-63-40-48-71(49-41-63)112-108-67-27-9-3-10-28-67)90(122)101-77(35-17-22-56-95)86(118)105-81(60-64-42-50-72(51-43-64)113-109-68-29-11-4-12-30-68)89(121)100-76(34-16-21-55-94)84(116)103-79(87(119)98-74(82(97)114)32-14-19-53-92)58-62-38-46-70(47-39-62)111-107-66-25-7-2-8-26-66/h1-12,23-30,36-51,73-81H,13-22,31-35,52-60,91-96H2,(H2,97,114)(H,98,119)(H,99,120)(H,100,121)(H,101,122)(H,102,115)(H,103,116)(H,104,117)(H,105,118)/t73-,74-,75-,76-,77-,78-,79-,80-,81-/m0/s1. The van der Waals surface area contributed by atoms with Crippen molar-refractivity contribution in [2.75, 3.05) is 32.7 Å². The highest BCUT2D eigenvalue weighted by Gasteiger charge is 2.36. The van der Waals surface area contributed by atoms with Crippen molar-refractivity contribution >= 4 is 98.7 Å². The number of hydrogen-bond donors (Lipinski definition) is 15. The third kappa shape index (κ3) is 34.1. The number of nitrogens with two attached hydrogens (primary N) is 7. The monoisotopic (exact) mass is 1660 g/mol. The van der Waals surface area contributed by atoms with Crippen molar-refractivity contribution in [2.24, 2.45) is 81.0 Å². The third-order valence-electron chi connectivity index (χ3n) is 19.8. The van der Waals surface area contributed by atoms with E-state index < -0.39 is 108 Å². The van der Waals surface area contributed by atoms with E-state index in [2.05, 4.69) is 83.4 Å². The highest BCUT2D eigenvalue weighted by Crippen LogP contribution is 2.25. The number of carbonyl (C=O) groups excluding carboxylic acids is 9. The van der Waals surface area contributed by atoms with Gasteiger partial charge in [-0.25, -0.2) is 0 Å². The fourth-order valence-electron chi connectivity index (χ4n) is 12.9. The van der Waals surface area contributed by atoms with Gasteiger partial charge in [-0.1, -0.05) is 128 Å². The first-order valence-electron chi connectivity index (χ1n) is 41.5. The van der Waals surface area contributed by atoms with Gasteiger partial charge in [-0.05, 0) is 242 Å². The van der Waals surface area contributed by atoms with Crippen LogP contribution < -0.4 is 82.7 Å². The number of rotatable bonds is 53. The number of hydrogen-bond acceptors (Lipinski definition) is 23. The number of nitrogens with zero attached hydrogens (tertiary/aromatic N) is 8. The van der Waals surface area contributed by atoms with Crippen molar-refractivity contribution in [3.05, 3.63) is 241 Å². The maximum Gasteiger partial charge on any atom is 0.243 e. The van der Waals surface area contributed by atoms with Crippen LogP contribution in [0.15, 0.2) is 259 Å². The predicted molar refractivity (Wildman–Crippen MR) is 470 cm³/mol. The molecule has 0 saturated carbocycles. The minimum Gasteiger partial charge on any atom is -0.368 e. The first-order chi connectivity index (χ1) is 59.3. The van der Waals surface area contributed by atoms with Crippen LogP contribution in [0.2, 0.25) is 0 Å². The van der Waals surface area contributed by atoms with Crippen molar-refractivity contribution in [3.63, 3.8) is 0 Å². The summed E-state index contributed by atoms with van der Waals surface area (Å²) in [5, 5.41) is 57.7. The zero-order valence-corrected chi connectivity index (χ0v) is 68.7. The van der Waals surface area contributed by atoms with E-state index in [1.807, 2.05) is 84.9 Å². The van der Waals surface area contributed by atoms with E-state index in [0.717, 1.165) is 0 Å². The maximum absolute atomic E-state index is 15.6. The van der Waals surface area contributed by atoms with E-state index in [1.54, 1.807) is 133 Å². The minimum absolute atomic E-state index is 0.00110. The second-order valence-electron chi connectivity index (χ2n) is 29.5. The fourth-order valence-corrected chi connectivity index (χ4v) is 12.9. The summed E-state index contributed by atoms with van der Waals surface area (Å²) in [7, 11) is 0. The molecule has 0 aromatic heterocycles. The molecule has 9 amide bonds. The van der Waals surface area contributed by atoms with Crippen molar-refractivity contribution < 1.29 is 43.2 Å². The molecule has 32 nitrogen and oxygen atoms in total. The normalized spacial score (nSPS) is 13.7. The van der Waals surface area contributed by atoms with Gasteiger partial charge in [0.2, 0.25) is 53.2 Å². The Kier molecular flexibility index (Phi) is 41.1. The van der Waals surface area contributed by atoms with Gasteiger partial charge in [-0.2, -0.15) is 40.9 Å². The predicted octanol–water partition coefficient (Wildman–Crippen LogP) is 9.95. The van der Waals surface area contributed by atoms with Crippen LogP contribution in [-0.2, 0) is 68.8 Å². The van der Waals surface area contributed by atoms with Crippen LogP contribution in [-0.4, -0.2) is 140 Å². The van der Waals surface area contributed by atoms with E-state index >= 15 is 24.0 Å². The molecule has 0 spiro atoms. The zero-order chi connectivity index (χ0) is 87.1. The number of azo groups is 4. The van der Waals surface area contributed by atoms with Crippen molar-refractivity contribution in [1.82, 2.24) is 42.5 Å². The Morgan fingerprint density at radius 2 is 0.402 bits per heavy atom. The van der Waals surface area contributed by atoms with Crippen LogP contribution >= 0.6 is 0 Å². The average molecular weight is 1660 g/mol. The van der Waals surface area contributed by atoms with Gasteiger partial charge in [0, 0.05) is 25.7 Å². The molecule has 0 aliphatic heterocycles. The summed E-state index contributed by atoms with van der Waals surface area (Å²) in [6.45, 7) is 1.39. The lowest BCUT2D eigenvalue weighted by Gasteiger charge is -2.28. The number of primary amides is 1. The first-order valence-corrected chi connectivity index (χ1v) is 41.5. The summed E-state index contributed by atoms with van der Waals surface area (Å²) in [4.78, 5) is 133. The number of benzene rings is 8. The van der Waals surface area contributed by atoms with Crippen LogP contribution in [0.25, 0.3) is 0 Å². The van der Waals surface area contributed by atoms with E-state index in [9.17, 15) is 19.2 Å². The summed E-state index contributed by atoms with van der Waals surface area (Å²) >= 11 is 0. The summed E-state index contributed by atoms with van der Waals surface area (Å²) in [5.74, 6) is -7.00. The lowest BCUT2D eigenvalue weighted by Crippen LogP contribution is -2.61. The van der Waals surface area contributed by atoms with Crippen LogP contribution in [0.3, 0.4) is 0 Å². The quantitative estimate of drug-likeness (QED) is 0.0124. The molecule has 0 bridgehead atoms. The molecule has 0 saturated heterocycles. The molecule has 22 N–H and O–H groups in total. The Labute approximate surface area is 711 Å². The number of unbranched alkanes of at least 4 members (excludes halogenated alkanes) is 5. The Hall–Kier alpha value is -12.9. The molecule has 8 rings (SSSR count). The zero-order valence-electron chi connectivity index (χ0n) is 68.7. The van der Waals surface area contributed by atoms with Gasteiger partial charge < -0.3 is 82.7 Å². The molecule has 8 aromatic rings. The summed E-state index contributed by atoms with van der Waals surface area (Å²) in [5.41, 5.74) is 48.6. The topological polar surface area (TPSA) is 531 Å². The van der Waals surface area contributed by atoms with E-state index in [0.29, 0.717) is 139 Å². The molecule has 644 valence electrons. The van der Waals surface area contributed by atoms with Crippen LogP contribution in [0.4, 0.5) is 45.5 Å². The molecule has 9 atom stereocenters. The molecule has 0 aliphatic carbocycles. The highest BCUT2D eigenvalue weighted by molar-refractivity contribution is 5.98. The number of nitrogens with one attached hydrogen (secondary N) is 8. The Balaban J connectivity index is 1.11. The summed E-state index contributed by atoms with van der Waals surface area (Å²) < 4.78 is 0. The van der Waals surface area contributed by atoms with Crippen molar-refractivity contribution in [3.8, 4) is 0 Å². The Morgan fingerprint density at radius 1 is 0.221 bits per heavy atom. The smallest absolute Gasteiger partial charge is 0.243 e. The third-order valence-corrected chi connectivity index (χ3v) is 19.8. The SMILES string of the molecule is NCCCC[C@H](NC(=O)[C@H](Cc1ccc(N=Nc2ccccc2)cc1)NC(=O)[C@H](CCCCN)NC(=O)[C@H](Cc1ccc(N=Nc2ccccc2)cc1)NC(=O)[C@H](CCCCN)NC(=O)[C@H](Cc1ccc(N=Nc2ccccc2)cc1)NC(=O)[C@H](CCCCN)NC(=O)[C@H](Cc1ccc(N=Nc2ccccc2)cc1)NC(=O)[C@@H](N)CCCCN)C(N)=O. The molecule has 0 fully saturated rings. The lowest BCUT2D eigenvalue weighted by molar-refractivity contribution is -0.136. The van der Waals surface area contributed by atoms with E-state index in [1.165, 1.54) is 0 Å². The molecule has 8 aromatic carbocycles. The minimum atomic E-state index is -1.50. The molecular formula is C90H115N23O9. The average Bonchev–Trinajstić information content (AvgIpc) is 0.839. The Bertz CT molecular complexity index is 4670. The summed E-state index contributed by atoms with van der Waals surface area (Å²) in [6, 6.07) is 51.8. The molecule has 0 heterocycles. The van der Waals surface area contributed by atoms with Crippen LogP contribution in [0.1, 0.15) is 119 Å². The highest BCUT2D eigenvalue weighted by atomic mass is 16.2. The molecular weight excluding hydrogens is 1550 g/mol. The Morgan fingerprint density at radius 3 is 0.623 bits per heavy atom. The van der Waals surface area contributed by atoms with Crippen molar-refractivity contribution in [2.45, 2.75) is 176 Å². The molecule has 32 heteroatoms. The van der Waals surface area contributed by atoms with Crippen molar-refractivity contribution in [1.29, 1.82) is 0 Å². The van der Waals surface area contributed by atoms with Gasteiger partial charge in [-0.15, -0.1) is 0 Å². The van der Waals surface area contributed by atoms with Gasteiger partial charge in [0.15, 0.2) is 0 Å². The van der Waals surface area contributed by atoms with E-state index in [-0.39, 0.29) is 83.8 Å². The van der Waals surface area contributed by atoms with Gasteiger partial charge in [0.05, 0.1) is 51.5 Å².